The number of ether oxygens (including phenoxy) is 2. The predicted octanol–water partition coefficient (Wildman–Crippen LogP) is 2.37. The molecule has 2 heterocycles. The van der Waals surface area contributed by atoms with Crippen LogP contribution >= 0.6 is 0 Å². The van der Waals surface area contributed by atoms with Crippen LogP contribution in [0.1, 0.15) is 37.7 Å². The van der Waals surface area contributed by atoms with Crippen molar-refractivity contribution in [3.63, 3.8) is 0 Å². The average molecular weight is 342 g/mol. The van der Waals surface area contributed by atoms with Gasteiger partial charge in [0.1, 0.15) is 19.2 Å². The molecule has 0 saturated heterocycles. The second-order valence-electron chi connectivity index (χ2n) is 6.59. The number of carbonyl (C=O) groups is 1. The van der Waals surface area contributed by atoms with E-state index in [2.05, 4.69) is 10.1 Å². The van der Waals surface area contributed by atoms with E-state index in [1.807, 2.05) is 23.1 Å². The van der Waals surface area contributed by atoms with Crippen molar-refractivity contribution in [1.29, 1.82) is 0 Å². The van der Waals surface area contributed by atoms with E-state index in [-0.39, 0.29) is 25.3 Å². The Kier molecular flexibility index (Phi) is 4.54. The number of benzene rings is 1. The summed E-state index contributed by atoms with van der Waals surface area (Å²) in [6.07, 6.45) is 8.78. The Labute approximate surface area is 146 Å². The van der Waals surface area contributed by atoms with E-state index in [1.165, 1.54) is 25.6 Å². The standard InChI is InChI=1S/C18H22N4O3/c23-18(10-21-12-19-11-20-21)22(15-4-2-1-3-5-15)9-14-6-7-16-17(8-14)25-13-24-16/h6-8,11-12,15H,1-5,9-10,13H2. The fraction of sp³-hybridized carbons (Fsp3) is 0.500. The molecule has 0 spiro atoms. The summed E-state index contributed by atoms with van der Waals surface area (Å²) in [6, 6.07) is 6.18. The van der Waals surface area contributed by atoms with Gasteiger partial charge in [0.2, 0.25) is 12.7 Å². The average Bonchev–Trinajstić information content (AvgIpc) is 3.31. The minimum Gasteiger partial charge on any atom is -0.454 e. The molecular weight excluding hydrogens is 320 g/mol. The Hall–Kier alpha value is -2.57. The minimum atomic E-state index is 0.0788. The molecule has 25 heavy (non-hydrogen) atoms. The number of fused-ring (bicyclic) bond motifs is 1. The summed E-state index contributed by atoms with van der Waals surface area (Å²) >= 11 is 0. The fourth-order valence-electron chi connectivity index (χ4n) is 3.59. The van der Waals surface area contributed by atoms with Crippen molar-refractivity contribution in [2.24, 2.45) is 0 Å². The molecule has 7 nitrogen and oxygen atoms in total. The smallest absolute Gasteiger partial charge is 0.244 e. The van der Waals surface area contributed by atoms with Gasteiger partial charge in [-0.1, -0.05) is 25.3 Å². The molecule has 132 valence electrons. The van der Waals surface area contributed by atoms with Crippen LogP contribution in [-0.2, 0) is 17.9 Å². The number of aromatic nitrogens is 3. The summed E-state index contributed by atoms with van der Waals surface area (Å²) in [4.78, 5) is 18.8. The first-order valence-electron chi connectivity index (χ1n) is 8.80. The summed E-state index contributed by atoms with van der Waals surface area (Å²) in [6.45, 7) is 1.06. The zero-order valence-electron chi connectivity index (χ0n) is 14.1. The highest BCUT2D eigenvalue weighted by Crippen LogP contribution is 2.33. The SMILES string of the molecule is O=C(Cn1cncn1)N(Cc1ccc2c(c1)OCO2)C1CCCCC1. The van der Waals surface area contributed by atoms with Crippen molar-refractivity contribution in [3.05, 3.63) is 36.4 Å². The molecule has 1 aromatic heterocycles. The van der Waals surface area contributed by atoms with E-state index < -0.39 is 0 Å². The van der Waals surface area contributed by atoms with E-state index in [1.54, 1.807) is 11.0 Å². The number of amides is 1. The number of carbonyl (C=O) groups excluding carboxylic acids is 1. The second-order valence-corrected chi connectivity index (χ2v) is 6.59. The Morgan fingerprint density at radius 3 is 2.84 bits per heavy atom. The largest absolute Gasteiger partial charge is 0.454 e. The molecule has 2 aromatic rings. The van der Waals surface area contributed by atoms with Crippen molar-refractivity contribution in [1.82, 2.24) is 19.7 Å². The first kappa shape index (κ1) is 15.9. The maximum Gasteiger partial charge on any atom is 0.244 e. The number of nitrogens with zero attached hydrogens (tertiary/aromatic N) is 4. The van der Waals surface area contributed by atoms with E-state index >= 15 is 0 Å². The lowest BCUT2D eigenvalue weighted by atomic mass is 9.93. The third-order valence-electron chi connectivity index (χ3n) is 4.89. The van der Waals surface area contributed by atoms with Gasteiger partial charge in [-0.25, -0.2) is 9.67 Å². The van der Waals surface area contributed by atoms with Gasteiger partial charge in [0.05, 0.1) is 0 Å². The molecule has 0 unspecified atom stereocenters. The van der Waals surface area contributed by atoms with Crippen molar-refractivity contribution in [2.45, 2.75) is 51.2 Å². The zero-order chi connectivity index (χ0) is 17.1. The highest BCUT2D eigenvalue weighted by molar-refractivity contribution is 5.76. The Balaban J connectivity index is 1.53. The van der Waals surface area contributed by atoms with E-state index in [0.29, 0.717) is 6.54 Å². The second kappa shape index (κ2) is 7.13. The number of hydrogen-bond acceptors (Lipinski definition) is 5. The molecule has 7 heteroatoms. The minimum absolute atomic E-state index is 0.0788. The monoisotopic (exact) mass is 342 g/mol. The van der Waals surface area contributed by atoms with Crippen LogP contribution in [0.15, 0.2) is 30.9 Å². The van der Waals surface area contributed by atoms with Gasteiger partial charge in [-0.15, -0.1) is 0 Å². The molecule has 1 aliphatic carbocycles. The van der Waals surface area contributed by atoms with Gasteiger partial charge >= 0.3 is 0 Å². The van der Waals surface area contributed by atoms with Gasteiger partial charge in [0.25, 0.3) is 0 Å². The summed E-state index contributed by atoms with van der Waals surface area (Å²) in [5.74, 6) is 1.60. The molecule has 1 fully saturated rings. The summed E-state index contributed by atoms with van der Waals surface area (Å²) in [7, 11) is 0. The van der Waals surface area contributed by atoms with Gasteiger partial charge in [-0.2, -0.15) is 5.10 Å². The van der Waals surface area contributed by atoms with Crippen LogP contribution in [0.3, 0.4) is 0 Å². The van der Waals surface area contributed by atoms with Crippen molar-refractivity contribution >= 4 is 5.91 Å². The lowest BCUT2D eigenvalue weighted by Gasteiger charge is -2.34. The Bertz CT molecular complexity index is 726. The van der Waals surface area contributed by atoms with Crippen LogP contribution in [-0.4, -0.2) is 38.4 Å². The van der Waals surface area contributed by atoms with Crippen molar-refractivity contribution in [2.75, 3.05) is 6.79 Å². The summed E-state index contributed by atoms with van der Waals surface area (Å²) < 4.78 is 12.4. The van der Waals surface area contributed by atoms with Crippen molar-refractivity contribution < 1.29 is 14.3 Å². The van der Waals surface area contributed by atoms with Crippen LogP contribution in [0.25, 0.3) is 0 Å². The fourth-order valence-corrected chi connectivity index (χ4v) is 3.59. The number of rotatable bonds is 5. The lowest BCUT2D eigenvalue weighted by molar-refractivity contribution is -0.135. The van der Waals surface area contributed by atoms with Crippen LogP contribution in [0, 0.1) is 0 Å². The maximum atomic E-state index is 12.9. The highest BCUT2D eigenvalue weighted by atomic mass is 16.7. The third kappa shape index (κ3) is 3.60. The Morgan fingerprint density at radius 2 is 2.04 bits per heavy atom. The molecular formula is C18H22N4O3. The summed E-state index contributed by atoms with van der Waals surface area (Å²) in [5.41, 5.74) is 1.06. The number of hydrogen-bond donors (Lipinski definition) is 0. The molecule has 0 bridgehead atoms. The molecule has 1 amide bonds. The first-order chi connectivity index (χ1) is 12.3. The van der Waals surface area contributed by atoms with Gasteiger partial charge in [-0.05, 0) is 30.5 Å². The quantitative estimate of drug-likeness (QED) is 0.834. The normalized spacial score (nSPS) is 16.8. The van der Waals surface area contributed by atoms with Gasteiger partial charge in [0.15, 0.2) is 11.5 Å². The molecule has 0 atom stereocenters. The van der Waals surface area contributed by atoms with Crippen LogP contribution in [0.2, 0.25) is 0 Å². The van der Waals surface area contributed by atoms with Gasteiger partial charge in [0, 0.05) is 12.6 Å². The first-order valence-corrected chi connectivity index (χ1v) is 8.80. The molecule has 0 N–H and O–H groups in total. The topological polar surface area (TPSA) is 69.5 Å². The molecule has 1 aliphatic heterocycles. The van der Waals surface area contributed by atoms with E-state index in [9.17, 15) is 4.79 Å². The third-order valence-corrected chi connectivity index (χ3v) is 4.89. The molecule has 4 rings (SSSR count). The molecule has 1 saturated carbocycles. The summed E-state index contributed by atoms with van der Waals surface area (Å²) in [5, 5.41) is 4.06. The Morgan fingerprint density at radius 1 is 1.20 bits per heavy atom. The van der Waals surface area contributed by atoms with Crippen LogP contribution in [0.5, 0.6) is 11.5 Å². The zero-order valence-corrected chi connectivity index (χ0v) is 14.1. The molecule has 1 aromatic carbocycles. The predicted molar refractivity (Wildman–Crippen MR) is 90.0 cm³/mol. The van der Waals surface area contributed by atoms with E-state index in [4.69, 9.17) is 9.47 Å². The van der Waals surface area contributed by atoms with Gasteiger partial charge in [-0.3, -0.25) is 4.79 Å². The highest BCUT2D eigenvalue weighted by Gasteiger charge is 2.26. The van der Waals surface area contributed by atoms with Crippen LogP contribution < -0.4 is 9.47 Å². The van der Waals surface area contributed by atoms with Crippen LogP contribution in [0.4, 0.5) is 0 Å². The molecule has 0 radical (unpaired) electrons. The molecule has 2 aliphatic rings. The lowest BCUT2D eigenvalue weighted by Crippen LogP contribution is -2.42. The van der Waals surface area contributed by atoms with Gasteiger partial charge < -0.3 is 14.4 Å². The van der Waals surface area contributed by atoms with E-state index in [0.717, 1.165) is 29.9 Å². The maximum absolute atomic E-state index is 12.9. The van der Waals surface area contributed by atoms with Crippen molar-refractivity contribution in [3.8, 4) is 11.5 Å².